The fraction of sp³-hybridized carbons (Fsp3) is 0.769. The Balaban J connectivity index is 5.43. The molecule has 0 aliphatic heterocycles. The number of hydrogen-bond acceptors (Lipinski definition) is 4. The van der Waals surface area contributed by atoms with E-state index in [1.54, 1.807) is 6.92 Å². The van der Waals surface area contributed by atoms with Gasteiger partial charge in [-0.25, -0.2) is 0 Å². The number of carbonyl (C=O) groups is 1. The summed E-state index contributed by atoms with van der Waals surface area (Å²) in [4.78, 5) is 12.0. The van der Waals surface area contributed by atoms with E-state index in [0.29, 0.717) is 12.8 Å². The van der Waals surface area contributed by atoms with Gasteiger partial charge in [-0.2, -0.15) is 10.5 Å². The zero-order valence-corrected chi connectivity index (χ0v) is 11.0. The minimum absolute atomic E-state index is 0.0596. The van der Waals surface area contributed by atoms with Crippen molar-refractivity contribution in [1.82, 2.24) is 0 Å². The van der Waals surface area contributed by atoms with E-state index >= 15 is 0 Å². The molecule has 4 nitrogen and oxygen atoms in total. The van der Waals surface area contributed by atoms with E-state index in [2.05, 4.69) is 6.07 Å². The summed E-state index contributed by atoms with van der Waals surface area (Å²) >= 11 is 0. The van der Waals surface area contributed by atoms with Crippen molar-refractivity contribution in [2.75, 3.05) is 6.61 Å². The van der Waals surface area contributed by atoms with Gasteiger partial charge in [0.25, 0.3) is 0 Å². The van der Waals surface area contributed by atoms with Crippen LogP contribution in [0.25, 0.3) is 0 Å². The molecule has 0 amide bonds. The van der Waals surface area contributed by atoms with E-state index < -0.39 is 17.3 Å². The van der Waals surface area contributed by atoms with Gasteiger partial charge in [0.05, 0.1) is 24.7 Å². The molecular weight excluding hydrogens is 216 g/mol. The second kappa shape index (κ2) is 6.91. The van der Waals surface area contributed by atoms with Gasteiger partial charge in [0.1, 0.15) is 0 Å². The Bertz CT molecular complexity index is 338. The first-order valence-corrected chi connectivity index (χ1v) is 5.98. The summed E-state index contributed by atoms with van der Waals surface area (Å²) in [5.74, 6) is -1.26. The molecule has 4 heteroatoms. The molecule has 0 radical (unpaired) electrons. The van der Waals surface area contributed by atoms with Crippen molar-refractivity contribution in [3.8, 4) is 12.1 Å². The van der Waals surface area contributed by atoms with Gasteiger partial charge in [-0.15, -0.1) is 0 Å². The van der Waals surface area contributed by atoms with Crippen LogP contribution in [-0.4, -0.2) is 12.6 Å². The van der Waals surface area contributed by atoms with Gasteiger partial charge in [0.2, 0.25) is 0 Å². The number of carbonyl (C=O) groups excluding carboxylic acids is 1. The fourth-order valence-corrected chi connectivity index (χ4v) is 2.04. The molecule has 17 heavy (non-hydrogen) atoms. The van der Waals surface area contributed by atoms with Crippen molar-refractivity contribution < 1.29 is 9.53 Å². The quantitative estimate of drug-likeness (QED) is 0.664. The lowest BCUT2D eigenvalue weighted by Crippen LogP contribution is -2.40. The highest BCUT2D eigenvalue weighted by Gasteiger charge is 2.48. The van der Waals surface area contributed by atoms with E-state index in [-0.39, 0.29) is 12.5 Å². The van der Waals surface area contributed by atoms with Gasteiger partial charge < -0.3 is 4.74 Å². The summed E-state index contributed by atoms with van der Waals surface area (Å²) in [6.45, 7) is 7.49. The Kier molecular flexibility index (Phi) is 6.28. The van der Waals surface area contributed by atoms with E-state index in [9.17, 15) is 15.3 Å². The third kappa shape index (κ3) is 3.20. The molecule has 0 fully saturated rings. The van der Waals surface area contributed by atoms with Crippen LogP contribution in [0.2, 0.25) is 0 Å². The monoisotopic (exact) mass is 236 g/mol. The molecular formula is C13H20N2O2. The molecule has 0 N–H and O–H groups in total. The maximum Gasteiger partial charge on any atom is 0.327 e. The highest BCUT2D eigenvalue weighted by atomic mass is 16.5. The van der Waals surface area contributed by atoms with Crippen molar-refractivity contribution >= 4 is 5.97 Å². The normalized spacial score (nSPS) is 15.5. The topological polar surface area (TPSA) is 73.9 Å². The van der Waals surface area contributed by atoms with Gasteiger partial charge in [-0.3, -0.25) is 4.79 Å². The number of hydrogen-bond donors (Lipinski definition) is 0. The van der Waals surface area contributed by atoms with E-state index in [1.807, 2.05) is 26.8 Å². The Labute approximate surface area is 103 Å². The van der Waals surface area contributed by atoms with Crippen LogP contribution in [0.4, 0.5) is 0 Å². The van der Waals surface area contributed by atoms with Crippen LogP contribution in [0.3, 0.4) is 0 Å². The Morgan fingerprint density at radius 1 is 1.35 bits per heavy atom. The summed E-state index contributed by atoms with van der Waals surface area (Å²) in [7, 11) is 0. The molecule has 0 rings (SSSR count). The van der Waals surface area contributed by atoms with E-state index in [4.69, 9.17) is 4.74 Å². The number of nitriles is 2. The van der Waals surface area contributed by atoms with Crippen LogP contribution in [0.15, 0.2) is 0 Å². The lowest BCUT2D eigenvalue weighted by Gasteiger charge is -2.30. The summed E-state index contributed by atoms with van der Waals surface area (Å²) < 4.78 is 4.97. The van der Waals surface area contributed by atoms with Crippen molar-refractivity contribution in [3.05, 3.63) is 0 Å². The maximum atomic E-state index is 12.0. The van der Waals surface area contributed by atoms with Crippen LogP contribution in [-0.2, 0) is 9.53 Å². The first kappa shape index (κ1) is 15.4. The van der Waals surface area contributed by atoms with E-state index in [0.717, 1.165) is 0 Å². The van der Waals surface area contributed by atoms with Crippen molar-refractivity contribution in [2.45, 2.75) is 40.5 Å². The third-order valence-electron chi connectivity index (χ3n) is 2.82. The van der Waals surface area contributed by atoms with Crippen LogP contribution < -0.4 is 0 Å². The Morgan fingerprint density at radius 2 is 1.94 bits per heavy atom. The largest absolute Gasteiger partial charge is 0.465 e. The number of nitrogens with zero attached hydrogens (tertiary/aromatic N) is 2. The van der Waals surface area contributed by atoms with Crippen LogP contribution in [0.5, 0.6) is 0 Å². The standard InChI is InChI=1S/C13H20N2O2/c1-5-7-13(9-15,12(16)17-6-2)11(8-14)10(3)4/h10-11H,5-7H2,1-4H3. The van der Waals surface area contributed by atoms with Gasteiger partial charge >= 0.3 is 5.97 Å². The predicted molar refractivity (Wildman–Crippen MR) is 63.5 cm³/mol. The fourth-order valence-electron chi connectivity index (χ4n) is 2.04. The number of rotatable bonds is 6. The molecule has 0 heterocycles. The number of ether oxygens (including phenoxy) is 1. The SMILES string of the molecule is CCCC(C#N)(C(=O)OCC)C(C#N)C(C)C. The highest BCUT2D eigenvalue weighted by Crippen LogP contribution is 2.38. The molecule has 0 aromatic heterocycles. The molecule has 0 saturated heterocycles. The average molecular weight is 236 g/mol. The molecule has 2 atom stereocenters. The molecule has 0 bridgehead atoms. The van der Waals surface area contributed by atoms with Gasteiger partial charge in [0.15, 0.2) is 5.41 Å². The third-order valence-corrected chi connectivity index (χ3v) is 2.82. The van der Waals surface area contributed by atoms with E-state index in [1.165, 1.54) is 0 Å². The molecule has 0 aliphatic rings. The van der Waals surface area contributed by atoms with Crippen molar-refractivity contribution in [1.29, 1.82) is 10.5 Å². The molecule has 0 aromatic carbocycles. The van der Waals surface area contributed by atoms with Crippen molar-refractivity contribution in [2.24, 2.45) is 17.3 Å². The predicted octanol–water partition coefficient (Wildman–Crippen LogP) is 2.66. The first-order valence-electron chi connectivity index (χ1n) is 5.98. The molecule has 0 spiro atoms. The summed E-state index contributed by atoms with van der Waals surface area (Å²) in [6, 6.07) is 4.13. The Hall–Kier alpha value is -1.55. The molecule has 2 unspecified atom stereocenters. The van der Waals surface area contributed by atoms with Crippen LogP contribution >= 0.6 is 0 Å². The minimum atomic E-state index is -1.33. The molecule has 0 saturated carbocycles. The van der Waals surface area contributed by atoms with Crippen molar-refractivity contribution in [3.63, 3.8) is 0 Å². The highest BCUT2D eigenvalue weighted by molar-refractivity contribution is 5.81. The first-order chi connectivity index (χ1) is 7.99. The van der Waals surface area contributed by atoms with Gasteiger partial charge in [-0.05, 0) is 19.3 Å². The van der Waals surface area contributed by atoms with Crippen LogP contribution in [0, 0.1) is 39.9 Å². The smallest absolute Gasteiger partial charge is 0.327 e. The molecule has 0 aliphatic carbocycles. The minimum Gasteiger partial charge on any atom is -0.465 e. The summed E-state index contributed by atoms with van der Waals surface area (Å²) in [5.41, 5.74) is -1.33. The second-order valence-corrected chi connectivity index (χ2v) is 4.40. The molecule has 94 valence electrons. The summed E-state index contributed by atoms with van der Waals surface area (Å²) in [6.07, 6.45) is 1.02. The lowest BCUT2D eigenvalue weighted by molar-refractivity contribution is -0.155. The Morgan fingerprint density at radius 3 is 2.24 bits per heavy atom. The van der Waals surface area contributed by atoms with Crippen LogP contribution in [0.1, 0.15) is 40.5 Å². The number of esters is 1. The van der Waals surface area contributed by atoms with Gasteiger partial charge in [0, 0.05) is 0 Å². The maximum absolute atomic E-state index is 12.0. The second-order valence-electron chi connectivity index (χ2n) is 4.40. The van der Waals surface area contributed by atoms with Gasteiger partial charge in [-0.1, -0.05) is 27.2 Å². The zero-order chi connectivity index (χ0) is 13.5. The summed E-state index contributed by atoms with van der Waals surface area (Å²) in [5, 5.41) is 18.6. The average Bonchev–Trinajstić information content (AvgIpc) is 2.28. The zero-order valence-electron chi connectivity index (χ0n) is 11.0. The lowest BCUT2D eigenvalue weighted by atomic mass is 9.69. The molecule has 0 aromatic rings.